The standard InChI is InChI=1S/C10H12N4O2/c1-5-6(2)14-8(7(5)10(15)16-3)9(11)12-4-13-14/h4H,1-3H3,(H2,11,12,13). The minimum Gasteiger partial charge on any atom is -0.465 e. The fourth-order valence-electron chi connectivity index (χ4n) is 1.72. The first-order valence-electron chi connectivity index (χ1n) is 4.74. The number of methoxy groups -OCH3 is 1. The van der Waals surface area contributed by atoms with Crippen molar-refractivity contribution in [3.63, 3.8) is 0 Å². The van der Waals surface area contributed by atoms with Crippen LogP contribution in [0.3, 0.4) is 0 Å². The number of nitrogen functional groups attached to an aromatic ring is 1. The van der Waals surface area contributed by atoms with Gasteiger partial charge in [0.2, 0.25) is 0 Å². The number of hydrogen-bond acceptors (Lipinski definition) is 5. The number of nitrogens with zero attached hydrogens (tertiary/aromatic N) is 3. The number of nitrogens with two attached hydrogens (primary N) is 1. The summed E-state index contributed by atoms with van der Waals surface area (Å²) >= 11 is 0. The molecule has 2 heterocycles. The Morgan fingerprint density at radius 2 is 2.19 bits per heavy atom. The molecule has 0 spiro atoms. The van der Waals surface area contributed by atoms with Crippen molar-refractivity contribution < 1.29 is 9.53 Å². The molecule has 2 N–H and O–H groups in total. The maximum Gasteiger partial charge on any atom is 0.340 e. The van der Waals surface area contributed by atoms with E-state index < -0.39 is 5.97 Å². The van der Waals surface area contributed by atoms with Crippen LogP contribution in [0, 0.1) is 13.8 Å². The zero-order valence-corrected chi connectivity index (χ0v) is 9.31. The van der Waals surface area contributed by atoms with Crippen molar-refractivity contribution >= 4 is 17.3 Å². The van der Waals surface area contributed by atoms with Crippen LogP contribution in [0.4, 0.5) is 5.82 Å². The van der Waals surface area contributed by atoms with Gasteiger partial charge in [0.25, 0.3) is 0 Å². The highest BCUT2D eigenvalue weighted by molar-refractivity contribution is 6.02. The van der Waals surface area contributed by atoms with E-state index in [1.807, 2.05) is 13.8 Å². The van der Waals surface area contributed by atoms with Crippen molar-refractivity contribution in [1.82, 2.24) is 14.6 Å². The molecular weight excluding hydrogens is 208 g/mol. The van der Waals surface area contributed by atoms with Gasteiger partial charge < -0.3 is 10.5 Å². The second-order valence-electron chi connectivity index (χ2n) is 3.48. The molecule has 6 nitrogen and oxygen atoms in total. The Kier molecular flexibility index (Phi) is 2.26. The molecule has 16 heavy (non-hydrogen) atoms. The molecule has 0 bridgehead atoms. The van der Waals surface area contributed by atoms with Gasteiger partial charge in [0.1, 0.15) is 11.8 Å². The fraction of sp³-hybridized carbons (Fsp3) is 0.300. The Morgan fingerprint density at radius 1 is 1.50 bits per heavy atom. The van der Waals surface area contributed by atoms with Crippen LogP contribution in [0.25, 0.3) is 5.52 Å². The minimum absolute atomic E-state index is 0.270. The quantitative estimate of drug-likeness (QED) is 0.716. The van der Waals surface area contributed by atoms with E-state index in [0.29, 0.717) is 11.1 Å². The van der Waals surface area contributed by atoms with E-state index in [0.717, 1.165) is 11.3 Å². The number of anilines is 1. The van der Waals surface area contributed by atoms with Gasteiger partial charge >= 0.3 is 5.97 Å². The number of ether oxygens (including phenoxy) is 1. The Morgan fingerprint density at radius 3 is 2.81 bits per heavy atom. The molecule has 2 rings (SSSR count). The predicted molar refractivity (Wildman–Crippen MR) is 58.2 cm³/mol. The van der Waals surface area contributed by atoms with Gasteiger partial charge in [-0.2, -0.15) is 5.10 Å². The van der Waals surface area contributed by atoms with Gasteiger partial charge in [0.15, 0.2) is 5.82 Å². The van der Waals surface area contributed by atoms with E-state index >= 15 is 0 Å². The second-order valence-corrected chi connectivity index (χ2v) is 3.48. The molecule has 0 saturated carbocycles. The first-order chi connectivity index (χ1) is 7.57. The van der Waals surface area contributed by atoms with Crippen LogP contribution in [-0.2, 0) is 4.74 Å². The normalized spacial score (nSPS) is 10.7. The molecule has 0 amide bonds. The zero-order valence-electron chi connectivity index (χ0n) is 9.31. The van der Waals surface area contributed by atoms with E-state index in [9.17, 15) is 4.79 Å². The third-order valence-electron chi connectivity index (χ3n) is 2.68. The molecule has 0 aliphatic carbocycles. The molecule has 0 unspecified atom stereocenters. The molecule has 0 aliphatic rings. The molecule has 2 aromatic rings. The number of fused-ring (bicyclic) bond motifs is 1. The summed E-state index contributed by atoms with van der Waals surface area (Å²) in [7, 11) is 1.33. The minimum atomic E-state index is -0.426. The molecule has 2 aromatic heterocycles. The number of rotatable bonds is 1. The summed E-state index contributed by atoms with van der Waals surface area (Å²) in [5, 5.41) is 4.06. The summed E-state index contributed by atoms with van der Waals surface area (Å²) in [6, 6.07) is 0. The molecule has 0 aliphatic heterocycles. The summed E-state index contributed by atoms with van der Waals surface area (Å²) in [6.45, 7) is 3.69. The van der Waals surface area contributed by atoms with Crippen LogP contribution < -0.4 is 5.73 Å². The molecule has 0 radical (unpaired) electrons. The molecule has 0 aromatic carbocycles. The van der Waals surface area contributed by atoms with Crippen molar-refractivity contribution in [3.8, 4) is 0 Å². The third-order valence-corrected chi connectivity index (χ3v) is 2.68. The average Bonchev–Trinajstić information content (AvgIpc) is 2.54. The highest BCUT2D eigenvalue weighted by Gasteiger charge is 2.22. The van der Waals surface area contributed by atoms with Crippen molar-refractivity contribution in [2.24, 2.45) is 0 Å². The molecule has 0 fully saturated rings. The van der Waals surface area contributed by atoms with Gasteiger partial charge in [-0.05, 0) is 19.4 Å². The van der Waals surface area contributed by atoms with Crippen molar-refractivity contribution in [3.05, 3.63) is 23.1 Å². The van der Waals surface area contributed by atoms with E-state index in [-0.39, 0.29) is 5.82 Å². The number of carbonyl (C=O) groups excluding carboxylic acids is 1. The number of carbonyl (C=O) groups is 1. The smallest absolute Gasteiger partial charge is 0.340 e. The van der Waals surface area contributed by atoms with Crippen LogP contribution in [0.15, 0.2) is 6.33 Å². The highest BCUT2D eigenvalue weighted by atomic mass is 16.5. The average molecular weight is 220 g/mol. The van der Waals surface area contributed by atoms with E-state index in [1.54, 1.807) is 4.52 Å². The molecule has 0 atom stereocenters. The van der Waals surface area contributed by atoms with Crippen LogP contribution in [0.2, 0.25) is 0 Å². The summed E-state index contributed by atoms with van der Waals surface area (Å²) < 4.78 is 6.33. The number of aromatic nitrogens is 3. The SMILES string of the molecule is COC(=O)c1c(C)c(C)n2ncnc(N)c12. The maximum absolute atomic E-state index is 11.7. The summed E-state index contributed by atoms with van der Waals surface area (Å²) in [6.07, 6.45) is 1.36. The van der Waals surface area contributed by atoms with Gasteiger partial charge in [-0.1, -0.05) is 0 Å². The van der Waals surface area contributed by atoms with Crippen LogP contribution in [0.1, 0.15) is 21.6 Å². The highest BCUT2D eigenvalue weighted by Crippen LogP contribution is 2.25. The maximum atomic E-state index is 11.7. The molecule has 84 valence electrons. The lowest BCUT2D eigenvalue weighted by molar-refractivity contribution is 0.0602. The van der Waals surface area contributed by atoms with Gasteiger partial charge in [-0.15, -0.1) is 0 Å². The van der Waals surface area contributed by atoms with E-state index in [2.05, 4.69) is 10.1 Å². The third kappa shape index (κ3) is 1.23. The molecular formula is C10H12N4O2. The molecule has 6 heteroatoms. The topological polar surface area (TPSA) is 82.5 Å². The summed E-state index contributed by atoms with van der Waals surface area (Å²) in [4.78, 5) is 15.5. The first kappa shape index (κ1) is 10.4. The van der Waals surface area contributed by atoms with Gasteiger partial charge in [0.05, 0.1) is 12.7 Å². The fourth-order valence-corrected chi connectivity index (χ4v) is 1.72. The lowest BCUT2D eigenvalue weighted by Crippen LogP contribution is -2.05. The predicted octanol–water partition coefficient (Wildman–Crippen LogP) is 0.715. The Hall–Kier alpha value is -2.11. The van der Waals surface area contributed by atoms with Crippen molar-refractivity contribution in [2.45, 2.75) is 13.8 Å². The lowest BCUT2D eigenvalue weighted by atomic mass is 10.1. The van der Waals surface area contributed by atoms with Crippen molar-refractivity contribution in [1.29, 1.82) is 0 Å². The Bertz CT molecular complexity index is 574. The van der Waals surface area contributed by atoms with Gasteiger partial charge in [-0.25, -0.2) is 14.3 Å². The Labute approximate surface area is 92.0 Å². The zero-order chi connectivity index (χ0) is 11.9. The van der Waals surface area contributed by atoms with Crippen molar-refractivity contribution in [2.75, 3.05) is 12.8 Å². The van der Waals surface area contributed by atoms with Crippen LogP contribution >= 0.6 is 0 Å². The number of hydrogen-bond donors (Lipinski definition) is 1. The summed E-state index contributed by atoms with van der Waals surface area (Å²) in [5.41, 5.74) is 8.34. The Balaban J connectivity index is 2.92. The van der Waals surface area contributed by atoms with Gasteiger partial charge in [-0.3, -0.25) is 0 Å². The molecule has 0 saturated heterocycles. The largest absolute Gasteiger partial charge is 0.465 e. The van der Waals surface area contributed by atoms with Gasteiger partial charge in [0, 0.05) is 5.69 Å². The van der Waals surface area contributed by atoms with E-state index in [1.165, 1.54) is 13.4 Å². The number of esters is 1. The monoisotopic (exact) mass is 220 g/mol. The lowest BCUT2D eigenvalue weighted by Gasteiger charge is -2.00. The first-order valence-corrected chi connectivity index (χ1v) is 4.74. The summed E-state index contributed by atoms with van der Waals surface area (Å²) in [5.74, 6) is -0.156. The second kappa shape index (κ2) is 3.48. The van der Waals surface area contributed by atoms with Crippen LogP contribution in [-0.4, -0.2) is 27.7 Å². The van der Waals surface area contributed by atoms with E-state index in [4.69, 9.17) is 10.5 Å². The van der Waals surface area contributed by atoms with Crippen LogP contribution in [0.5, 0.6) is 0 Å². The number of aryl methyl sites for hydroxylation is 1.